The average Bonchev–Trinajstić information content (AvgIpc) is 2.30. The minimum Gasteiger partial charge on any atom is -0.381 e. The van der Waals surface area contributed by atoms with Gasteiger partial charge in [-0.1, -0.05) is 33.3 Å². The lowest BCUT2D eigenvalue weighted by Gasteiger charge is -1.99. The van der Waals surface area contributed by atoms with Gasteiger partial charge < -0.3 is 15.2 Å². The summed E-state index contributed by atoms with van der Waals surface area (Å²) >= 11 is 0. The lowest BCUT2D eigenvalue weighted by atomic mass is 10.3. The van der Waals surface area contributed by atoms with Crippen molar-refractivity contribution in [3.05, 3.63) is 12.7 Å². The number of carbonyl (C=O) groups excluding carboxylic acids is 1. The molecule has 1 amide bonds. The zero-order valence-corrected chi connectivity index (χ0v) is 10.5. The van der Waals surface area contributed by atoms with Crippen LogP contribution < -0.4 is 5.32 Å². The lowest BCUT2D eigenvalue weighted by molar-refractivity contribution is -0.117. The van der Waals surface area contributed by atoms with Gasteiger partial charge in [-0.2, -0.15) is 0 Å². The van der Waals surface area contributed by atoms with E-state index in [-0.39, 0.29) is 12.6 Å². The van der Waals surface area contributed by atoms with Gasteiger partial charge in [0.2, 0.25) is 5.91 Å². The highest BCUT2D eigenvalue weighted by atomic mass is 16.5. The van der Waals surface area contributed by atoms with Crippen LogP contribution >= 0.6 is 0 Å². The van der Waals surface area contributed by atoms with Crippen molar-refractivity contribution < 1.29 is 14.6 Å². The van der Waals surface area contributed by atoms with Crippen LogP contribution in [0.1, 0.15) is 39.5 Å². The summed E-state index contributed by atoms with van der Waals surface area (Å²) in [5.41, 5.74) is 0. The molecule has 4 nitrogen and oxygen atoms in total. The van der Waals surface area contributed by atoms with Gasteiger partial charge >= 0.3 is 0 Å². The predicted molar refractivity (Wildman–Crippen MR) is 66.1 cm³/mol. The number of aliphatic hydroxyl groups is 1. The second-order valence-corrected chi connectivity index (χ2v) is 3.22. The molecule has 0 unspecified atom stereocenters. The third-order valence-corrected chi connectivity index (χ3v) is 1.72. The summed E-state index contributed by atoms with van der Waals surface area (Å²) < 4.78 is 5.31. The van der Waals surface area contributed by atoms with Crippen molar-refractivity contribution in [2.45, 2.75) is 39.5 Å². The van der Waals surface area contributed by atoms with Gasteiger partial charge in [0, 0.05) is 13.2 Å². The van der Waals surface area contributed by atoms with Crippen molar-refractivity contribution in [2.24, 2.45) is 0 Å². The number of rotatable bonds is 8. The number of amides is 1. The van der Waals surface area contributed by atoms with Crippen LogP contribution in [0.25, 0.3) is 0 Å². The second-order valence-electron chi connectivity index (χ2n) is 3.22. The zero-order chi connectivity index (χ0) is 12.6. The smallest absolute Gasteiger partial charge is 0.245 e. The summed E-state index contributed by atoms with van der Waals surface area (Å²) in [6, 6.07) is 0. The summed E-state index contributed by atoms with van der Waals surface area (Å²) in [7, 11) is 0. The molecular formula is C12H25NO3. The Labute approximate surface area is 98.7 Å². The molecule has 0 rings (SSSR count). The van der Waals surface area contributed by atoms with Crippen molar-refractivity contribution in [1.82, 2.24) is 5.32 Å². The van der Waals surface area contributed by atoms with E-state index >= 15 is 0 Å². The maximum absolute atomic E-state index is 10.0. The van der Waals surface area contributed by atoms with Crippen LogP contribution in [0.15, 0.2) is 12.7 Å². The Balaban J connectivity index is 0. The highest BCUT2D eigenvalue weighted by Gasteiger charge is 1.85. The van der Waals surface area contributed by atoms with Crippen molar-refractivity contribution in [2.75, 3.05) is 19.9 Å². The number of carbonyl (C=O) groups is 1. The van der Waals surface area contributed by atoms with Gasteiger partial charge in [-0.15, -0.1) is 0 Å². The van der Waals surface area contributed by atoms with Crippen molar-refractivity contribution in [3.63, 3.8) is 0 Å². The summed E-state index contributed by atoms with van der Waals surface area (Å²) in [6.45, 7) is 9.10. The number of hydrogen-bond donors (Lipinski definition) is 2. The Morgan fingerprint density at radius 1 is 1.31 bits per heavy atom. The minimum atomic E-state index is -0.359. The van der Waals surface area contributed by atoms with Crippen LogP contribution in [-0.4, -0.2) is 31.0 Å². The Morgan fingerprint density at radius 3 is 2.06 bits per heavy atom. The van der Waals surface area contributed by atoms with Crippen LogP contribution in [-0.2, 0) is 9.53 Å². The molecule has 0 aromatic heterocycles. The van der Waals surface area contributed by atoms with E-state index in [2.05, 4.69) is 25.7 Å². The average molecular weight is 231 g/mol. The second kappa shape index (κ2) is 16.6. The molecule has 0 fully saturated rings. The third-order valence-electron chi connectivity index (χ3n) is 1.72. The van der Waals surface area contributed by atoms with Gasteiger partial charge in [0.25, 0.3) is 0 Å². The number of hydrogen-bond acceptors (Lipinski definition) is 3. The van der Waals surface area contributed by atoms with E-state index < -0.39 is 0 Å². The van der Waals surface area contributed by atoms with Crippen LogP contribution in [0.3, 0.4) is 0 Å². The Morgan fingerprint density at radius 2 is 1.81 bits per heavy atom. The summed E-state index contributed by atoms with van der Waals surface area (Å²) in [6.07, 6.45) is 6.00. The molecule has 0 radical (unpaired) electrons. The van der Waals surface area contributed by atoms with E-state index in [0.29, 0.717) is 0 Å². The number of ether oxygens (including phenoxy) is 1. The summed E-state index contributed by atoms with van der Waals surface area (Å²) in [5.74, 6) is -0.359. The molecule has 0 aromatic rings. The summed E-state index contributed by atoms with van der Waals surface area (Å²) in [4.78, 5) is 10.0. The molecule has 0 heterocycles. The maximum Gasteiger partial charge on any atom is 0.245 e. The third kappa shape index (κ3) is 18.8. The fraction of sp³-hybridized carbons (Fsp3) is 0.750. The molecule has 0 aliphatic carbocycles. The Hall–Kier alpha value is -0.870. The van der Waals surface area contributed by atoms with E-state index in [4.69, 9.17) is 9.84 Å². The molecule has 0 bridgehead atoms. The number of unbranched alkanes of at least 4 members (excludes halogenated alkanes) is 2. The molecule has 4 heteroatoms. The lowest BCUT2D eigenvalue weighted by Crippen LogP contribution is -2.20. The van der Waals surface area contributed by atoms with Crippen molar-refractivity contribution in [3.8, 4) is 0 Å². The van der Waals surface area contributed by atoms with E-state index in [1.807, 2.05) is 0 Å². The fourth-order valence-electron chi connectivity index (χ4n) is 0.745. The minimum absolute atomic E-state index is 0.329. The molecule has 0 aromatic carbocycles. The highest BCUT2D eigenvalue weighted by Crippen LogP contribution is 1.91. The number of nitrogens with one attached hydrogen (secondary N) is 1. The molecule has 96 valence electrons. The van der Waals surface area contributed by atoms with Gasteiger partial charge in [-0.25, -0.2) is 0 Å². The zero-order valence-electron chi connectivity index (χ0n) is 10.5. The van der Waals surface area contributed by atoms with E-state index in [9.17, 15) is 4.79 Å². The van der Waals surface area contributed by atoms with Crippen LogP contribution in [0.2, 0.25) is 0 Å². The first kappa shape index (κ1) is 17.5. The SMILES string of the molecule is C=CC(=O)NCO.CCCCOCCCC. The van der Waals surface area contributed by atoms with Gasteiger partial charge in [-0.3, -0.25) is 4.79 Å². The monoisotopic (exact) mass is 231 g/mol. The first-order valence-corrected chi connectivity index (χ1v) is 5.81. The topological polar surface area (TPSA) is 58.6 Å². The highest BCUT2D eigenvalue weighted by molar-refractivity contribution is 5.86. The van der Waals surface area contributed by atoms with Gasteiger partial charge in [0.1, 0.15) is 6.73 Å². The Kier molecular flexibility index (Phi) is 18.1. The largest absolute Gasteiger partial charge is 0.381 e. The van der Waals surface area contributed by atoms with E-state index in [0.717, 1.165) is 19.3 Å². The van der Waals surface area contributed by atoms with Crippen LogP contribution in [0.4, 0.5) is 0 Å². The fourth-order valence-corrected chi connectivity index (χ4v) is 0.745. The molecule has 0 saturated carbocycles. The molecular weight excluding hydrogens is 206 g/mol. The molecule has 0 aliphatic rings. The molecule has 0 spiro atoms. The van der Waals surface area contributed by atoms with Gasteiger partial charge in [-0.05, 0) is 18.9 Å². The van der Waals surface area contributed by atoms with Gasteiger partial charge in [0.05, 0.1) is 0 Å². The number of aliphatic hydroxyl groups excluding tert-OH is 1. The van der Waals surface area contributed by atoms with Crippen LogP contribution in [0, 0.1) is 0 Å². The molecule has 16 heavy (non-hydrogen) atoms. The maximum atomic E-state index is 10.0. The normalized spacial score (nSPS) is 8.94. The van der Waals surface area contributed by atoms with Crippen LogP contribution in [0.5, 0.6) is 0 Å². The molecule has 0 saturated heterocycles. The first-order chi connectivity index (χ1) is 7.72. The van der Waals surface area contributed by atoms with Crippen molar-refractivity contribution in [1.29, 1.82) is 0 Å². The quantitative estimate of drug-likeness (QED) is 0.381. The molecule has 2 N–H and O–H groups in total. The standard InChI is InChI=1S/C8H18O.C4H7NO2/c1-3-5-7-9-8-6-4-2;1-2-4(7)5-3-6/h3-8H2,1-2H3;2,6H,1,3H2,(H,5,7). The van der Waals surface area contributed by atoms with E-state index in [1.54, 1.807) is 0 Å². The Bertz CT molecular complexity index is 154. The molecule has 0 aliphatic heterocycles. The summed E-state index contributed by atoms with van der Waals surface area (Å²) in [5, 5.41) is 10.1. The van der Waals surface area contributed by atoms with E-state index in [1.165, 1.54) is 25.7 Å². The molecule has 0 atom stereocenters. The van der Waals surface area contributed by atoms with Gasteiger partial charge in [0.15, 0.2) is 0 Å². The predicted octanol–water partition coefficient (Wildman–Crippen LogP) is 1.84. The van der Waals surface area contributed by atoms with Crippen molar-refractivity contribution >= 4 is 5.91 Å². The first-order valence-electron chi connectivity index (χ1n) is 5.81.